The van der Waals surface area contributed by atoms with Crippen LogP contribution in [0.5, 0.6) is 17.2 Å². The van der Waals surface area contributed by atoms with Gasteiger partial charge in [-0.05, 0) is 48.5 Å². The van der Waals surface area contributed by atoms with Crippen LogP contribution >= 0.6 is 0 Å². The summed E-state index contributed by atoms with van der Waals surface area (Å²) in [7, 11) is -2.51. The van der Waals surface area contributed by atoms with Crippen LogP contribution in [0.4, 0.5) is 11.6 Å². The third-order valence-electron chi connectivity index (χ3n) is 4.75. The maximum atomic E-state index is 13.5. The van der Waals surface area contributed by atoms with E-state index in [4.69, 9.17) is 23.0 Å². The first kappa shape index (κ1) is 20.0. The fraction of sp³-hybridized carbons (Fsp3) is 0.136. The Morgan fingerprint density at radius 2 is 1.78 bits per heavy atom. The van der Waals surface area contributed by atoms with Gasteiger partial charge in [0.05, 0.1) is 18.3 Å². The van der Waals surface area contributed by atoms with Gasteiger partial charge in [0.2, 0.25) is 20.7 Å². The van der Waals surface area contributed by atoms with E-state index < -0.39 is 9.84 Å². The molecule has 2 aromatic carbocycles. The first-order chi connectivity index (χ1) is 15.5. The van der Waals surface area contributed by atoms with Crippen LogP contribution in [0.3, 0.4) is 0 Å². The van der Waals surface area contributed by atoms with Gasteiger partial charge in [-0.15, -0.1) is 0 Å². The summed E-state index contributed by atoms with van der Waals surface area (Å²) in [5, 5.41) is 2.70. The van der Waals surface area contributed by atoms with Crippen LogP contribution in [0.2, 0.25) is 0 Å². The van der Waals surface area contributed by atoms with E-state index >= 15 is 0 Å². The van der Waals surface area contributed by atoms with E-state index in [9.17, 15) is 8.42 Å². The van der Waals surface area contributed by atoms with Crippen LogP contribution in [0.15, 0.2) is 79.6 Å². The van der Waals surface area contributed by atoms with Gasteiger partial charge in [0.15, 0.2) is 17.3 Å². The van der Waals surface area contributed by atoms with E-state index in [-0.39, 0.29) is 21.7 Å². The number of sulfone groups is 1. The number of furan rings is 1. The molecule has 4 aromatic rings. The van der Waals surface area contributed by atoms with E-state index in [0.29, 0.717) is 41.9 Å². The molecule has 0 spiro atoms. The summed E-state index contributed by atoms with van der Waals surface area (Å²) in [5.41, 5.74) is 0.589. The molecule has 0 unspecified atom stereocenters. The molecule has 0 radical (unpaired) electrons. The SMILES string of the molecule is COc1ccc(Nc2oc(-c3ccco3)nc2S(=O)(=O)c2ccc3c(c2)OCCO3)cc1. The number of methoxy groups -OCH3 is 1. The quantitative estimate of drug-likeness (QED) is 0.456. The summed E-state index contributed by atoms with van der Waals surface area (Å²) < 4.78 is 54.3. The van der Waals surface area contributed by atoms with Crippen molar-refractivity contribution < 1.29 is 31.5 Å². The number of anilines is 2. The molecule has 0 atom stereocenters. The second-order valence-electron chi connectivity index (χ2n) is 6.79. The Morgan fingerprint density at radius 3 is 2.50 bits per heavy atom. The Kier molecular flexibility index (Phi) is 4.98. The van der Waals surface area contributed by atoms with Gasteiger partial charge in [-0.2, -0.15) is 4.98 Å². The smallest absolute Gasteiger partial charge is 0.266 e. The number of benzene rings is 2. The lowest BCUT2D eigenvalue weighted by atomic mass is 10.3. The fourth-order valence-electron chi connectivity index (χ4n) is 3.18. The molecule has 2 aromatic heterocycles. The van der Waals surface area contributed by atoms with Crippen molar-refractivity contribution in [3.8, 4) is 28.9 Å². The fourth-order valence-corrected chi connectivity index (χ4v) is 4.45. The predicted molar refractivity (Wildman–Crippen MR) is 113 cm³/mol. The minimum atomic E-state index is -4.08. The molecule has 1 aliphatic heterocycles. The van der Waals surface area contributed by atoms with E-state index in [0.717, 1.165) is 0 Å². The van der Waals surface area contributed by atoms with Gasteiger partial charge in [0.25, 0.3) is 5.89 Å². The van der Waals surface area contributed by atoms with Gasteiger partial charge in [-0.25, -0.2) is 8.42 Å². The lowest BCUT2D eigenvalue weighted by Crippen LogP contribution is -2.16. The molecule has 0 saturated carbocycles. The molecule has 0 saturated heterocycles. The van der Waals surface area contributed by atoms with Gasteiger partial charge >= 0.3 is 0 Å². The zero-order valence-corrected chi connectivity index (χ0v) is 17.7. The highest BCUT2D eigenvalue weighted by molar-refractivity contribution is 7.91. The Labute approximate surface area is 183 Å². The van der Waals surface area contributed by atoms with E-state index in [1.165, 1.54) is 18.4 Å². The number of nitrogens with zero attached hydrogens (tertiary/aromatic N) is 1. The molecular formula is C22H18N2O7S. The standard InChI is InChI=1S/C22H18N2O7S/c1-27-15-6-4-14(5-7-15)23-21-22(24-20(31-21)18-3-2-10-28-18)32(25,26)16-8-9-17-19(13-16)30-12-11-29-17/h2-10,13,23H,11-12H2,1H3. The largest absolute Gasteiger partial charge is 0.497 e. The highest BCUT2D eigenvalue weighted by Gasteiger charge is 2.30. The molecule has 32 heavy (non-hydrogen) atoms. The molecule has 0 bridgehead atoms. The Hall–Kier alpha value is -3.92. The molecule has 164 valence electrons. The molecule has 1 aliphatic rings. The van der Waals surface area contributed by atoms with Gasteiger partial charge in [-0.3, -0.25) is 0 Å². The van der Waals surface area contributed by atoms with Crippen molar-refractivity contribution >= 4 is 21.4 Å². The number of hydrogen-bond donors (Lipinski definition) is 1. The maximum absolute atomic E-state index is 13.5. The first-order valence-corrected chi connectivity index (χ1v) is 11.1. The number of nitrogens with one attached hydrogen (secondary N) is 1. The van der Waals surface area contributed by atoms with Crippen LogP contribution in [-0.2, 0) is 9.84 Å². The van der Waals surface area contributed by atoms with Crippen LogP contribution in [0, 0.1) is 0 Å². The second kappa shape index (κ2) is 7.97. The van der Waals surface area contributed by atoms with Crippen LogP contribution < -0.4 is 19.5 Å². The Balaban J connectivity index is 1.58. The zero-order chi connectivity index (χ0) is 22.1. The molecule has 10 heteroatoms. The summed E-state index contributed by atoms with van der Waals surface area (Å²) in [5.74, 6) is 1.79. The van der Waals surface area contributed by atoms with Crippen LogP contribution in [0.25, 0.3) is 11.7 Å². The Morgan fingerprint density at radius 1 is 1.00 bits per heavy atom. The lowest BCUT2D eigenvalue weighted by Gasteiger charge is -2.18. The van der Waals surface area contributed by atoms with Gasteiger partial charge < -0.3 is 28.4 Å². The van der Waals surface area contributed by atoms with Crippen molar-refractivity contribution in [2.75, 3.05) is 25.6 Å². The van der Waals surface area contributed by atoms with Crippen molar-refractivity contribution in [2.45, 2.75) is 9.92 Å². The number of aromatic nitrogens is 1. The van der Waals surface area contributed by atoms with Crippen molar-refractivity contribution in [3.63, 3.8) is 0 Å². The lowest BCUT2D eigenvalue weighted by molar-refractivity contribution is 0.171. The molecule has 9 nitrogen and oxygen atoms in total. The summed E-state index contributed by atoms with van der Waals surface area (Å²) in [6.45, 7) is 0.748. The van der Waals surface area contributed by atoms with E-state index in [2.05, 4.69) is 10.3 Å². The number of fused-ring (bicyclic) bond motifs is 1. The molecular weight excluding hydrogens is 436 g/mol. The van der Waals surface area contributed by atoms with Crippen LogP contribution in [0.1, 0.15) is 0 Å². The number of hydrogen-bond acceptors (Lipinski definition) is 9. The normalized spacial score (nSPS) is 13.0. The van der Waals surface area contributed by atoms with Gasteiger partial charge in [-0.1, -0.05) is 0 Å². The third kappa shape index (κ3) is 3.65. The molecule has 1 N–H and O–H groups in total. The van der Waals surface area contributed by atoms with Crippen LogP contribution in [-0.4, -0.2) is 33.7 Å². The second-order valence-corrected chi connectivity index (χ2v) is 8.66. The van der Waals surface area contributed by atoms with Crippen molar-refractivity contribution in [2.24, 2.45) is 0 Å². The zero-order valence-electron chi connectivity index (χ0n) is 16.9. The Bertz CT molecular complexity index is 1340. The minimum Gasteiger partial charge on any atom is -0.497 e. The summed E-state index contributed by atoms with van der Waals surface area (Å²) >= 11 is 0. The first-order valence-electron chi connectivity index (χ1n) is 9.65. The van der Waals surface area contributed by atoms with E-state index in [1.807, 2.05) is 0 Å². The monoisotopic (exact) mass is 454 g/mol. The average molecular weight is 454 g/mol. The number of ether oxygens (including phenoxy) is 3. The highest BCUT2D eigenvalue weighted by Crippen LogP contribution is 2.38. The molecule has 0 amide bonds. The summed E-state index contributed by atoms with van der Waals surface area (Å²) in [6, 6.07) is 14.6. The predicted octanol–water partition coefficient (Wildman–Crippen LogP) is 4.29. The third-order valence-corrected chi connectivity index (χ3v) is 6.41. The molecule has 0 fully saturated rings. The van der Waals surface area contributed by atoms with Gasteiger partial charge in [0.1, 0.15) is 19.0 Å². The van der Waals surface area contributed by atoms with Crippen molar-refractivity contribution in [1.82, 2.24) is 4.98 Å². The van der Waals surface area contributed by atoms with E-state index in [1.54, 1.807) is 49.6 Å². The summed E-state index contributed by atoms with van der Waals surface area (Å²) in [4.78, 5) is 4.23. The summed E-state index contributed by atoms with van der Waals surface area (Å²) in [6.07, 6.45) is 1.45. The average Bonchev–Trinajstić information content (AvgIpc) is 3.50. The molecule has 5 rings (SSSR count). The maximum Gasteiger partial charge on any atom is 0.266 e. The number of rotatable bonds is 6. The molecule has 3 heterocycles. The molecule has 0 aliphatic carbocycles. The minimum absolute atomic E-state index is 0.00109. The highest BCUT2D eigenvalue weighted by atomic mass is 32.2. The van der Waals surface area contributed by atoms with Crippen molar-refractivity contribution in [1.29, 1.82) is 0 Å². The van der Waals surface area contributed by atoms with Crippen molar-refractivity contribution in [3.05, 3.63) is 60.9 Å². The number of oxazole rings is 1. The topological polar surface area (TPSA) is 113 Å². The van der Waals surface area contributed by atoms with Gasteiger partial charge in [0, 0.05) is 11.8 Å².